The van der Waals surface area contributed by atoms with Crippen molar-refractivity contribution in [1.82, 2.24) is 25.2 Å². The summed E-state index contributed by atoms with van der Waals surface area (Å²) in [4.78, 5) is 38.7. The number of hydrogen-bond donors (Lipinski definition) is 1. The van der Waals surface area contributed by atoms with Crippen molar-refractivity contribution >= 4 is 22.7 Å². The second-order valence-corrected chi connectivity index (χ2v) is 6.83. The predicted molar refractivity (Wildman–Crippen MR) is 101 cm³/mol. The van der Waals surface area contributed by atoms with Gasteiger partial charge in [-0.05, 0) is 31.4 Å². The van der Waals surface area contributed by atoms with Gasteiger partial charge in [0, 0.05) is 32.0 Å². The van der Waals surface area contributed by atoms with Gasteiger partial charge in [0.1, 0.15) is 5.52 Å². The number of amides is 2. The average molecular weight is 371 g/mol. The smallest absolute Gasteiger partial charge is 0.277 e. The molecule has 1 saturated heterocycles. The molecule has 2 aromatic rings. The number of rotatable bonds is 6. The number of benzene rings is 1. The SMILES string of the molecule is CCCNC(=O)C1CCN(C(=O)CCn2nnc3ccccc3c2=O)CC1. The highest BCUT2D eigenvalue weighted by Gasteiger charge is 2.26. The number of nitrogens with one attached hydrogen (secondary N) is 1. The lowest BCUT2D eigenvalue weighted by Gasteiger charge is -2.31. The lowest BCUT2D eigenvalue weighted by molar-refractivity contribution is -0.135. The molecule has 2 heterocycles. The fraction of sp³-hybridized carbons (Fsp3) is 0.526. The molecule has 1 aromatic heterocycles. The van der Waals surface area contributed by atoms with Crippen molar-refractivity contribution in [3.05, 3.63) is 34.6 Å². The van der Waals surface area contributed by atoms with Crippen LogP contribution in [0.15, 0.2) is 29.1 Å². The zero-order chi connectivity index (χ0) is 19.2. The summed E-state index contributed by atoms with van der Waals surface area (Å²) in [5.74, 6) is 0.0424. The quantitative estimate of drug-likeness (QED) is 0.815. The van der Waals surface area contributed by atoms with E-state index in [0.29, 0.717) is 43.4 Å². The van der Waals surface area contributed by atoms with Gasteiger partial charge in [0.15, 0.2) is 0 Å². The Bertz CT molecular complexity index is 871. The number of nitrogens with zero attached hydrogens (tertiary/aromatic N) is 4. The Morgan fingerprint density at radius 1 is 1.22 bits per heavy atom. The number of fused-ring (bicyclic) bond motifs is 1. The third kappa shape index (κ3) is 4.50. The Hall–Kier alpha value is -2.77. The number of aryl methyl sites for hydroxylation is 1. The van der Waals surface area contributed by atoms with Crippen molar-refractivity contribution in [3.8, 4) is 0 Å². The number of hydrogen-bond acceptors (Lipinski definition) is 5. The van der Waals surface area contributed by atoms with Crippen LogP contribution < -0.4 is 10.9 Å². The van der Waals surface area contributed by atoms with E-state index >= 15 is 0 Å². The van der Waals surface area contributed by atoms with E-state index in [9.17, 15) is 14.4 Å². The van der Waals surface area contributed by atoms with Gasteiger partial charge in [-0.1, -0.05) is 24.3 Å². The van der Waals surface area contributed by atoms with E-state index in [4.69, 9.17) is 0 Å². The molecule has 0 aliphatic carbocycles. The van der Waals surface area contributed by atoms with Crippen LogP contribution in [0, 0.1) is 5.92 Å². The molecule has 0 radical (unpaired) electrons. The summed E-state index contributed by atoms with van der Waals surface area (Å²) in [7, 11) is 0. The monoisotopic (exact) mass is 371 g/mol. The van der Waals surface area contributed by atoms with Gasteiger partial charge in [-0.2, -0.15) is 0 Å². The second kappa shape index (κ2) is 8.75. The maximum absolute atomic E-state index is 12.5. The minimum atomic E-state index is -0.236. The molecule has 2 amide bonds. The van der Waals surface area contributed by atoms with Crippen LogP contribution in [0.25, 0.3) is 10.9 Å². The minimum Gasteiger partial charge on any atom is -0.356 e. The molecule has 3 rings (SSSR count). The van der Waals surface area contributed by atoms with Gasteiger partial charge in [-0.3, -0.25) is 14.4 Å². The minimum absolute atomic E-state index is 0.0189. The lowest BCUT2D eigenvalue weighted by atomic mass is 9.95. The van der Waals surface area contributed by atoms with Crippen LogP contribution in [0.2, 0.25) is 0 Å². The Morgan fingerprint density at radius 3 is 2.70 bits per heavy atom. The molecule has 0 saturated carbocycles. The maximum atomic E-state index is 12.5. The first kappa shape index (κ1) is 19.0. The molecule has 1 aromatic carbocycles. The Kier molecular flexibility index (Phi) is 6.16. The maximum Gasteiger partial charge on any atom is 0.277 e. The molecule has 1 aliphatic heterocycles. The summed E-state index contributed by atoms with van der Waals surface area (Å²) in [6.07, 6.45) is 2.47. The summed E-state index contributed by atoms with van der Waals surface area (Å²) in [6, 6.07) is 7.03. The van der Waals surface area contributed by atoms with Gasteiger partial charge >= 0.3 is 0 Å². The van der Waals surface area contributed by atoms with Crippen LogP contribution in [0.5, 0.6) is 0 Å². The average Bonchev–Trinajstić information content (AvgIpc) is 2.71. The summed E-state index contributed by atoms with van der Waals surface area (Å²) in [5, 5.41) is 11.4. The molecule has 144 valence electrons. The zero-order valence-electron chi connectivity index (χ0n) is 15.6. The van der Waals surface area contributed by atoms with Gasteiger partial charge in [-0.15, -0.1) is 5.10 Å². The van der Waals surface area contributed by atoms with Crippen molar-refractivity contribution in [3.63, 3.8) is 0 Å². The van der Waals surface area contributed by atoms with Crippen LogP contribution in [0.3, 0.4) is 0 Å². The summed E-state index contributed by atoms with van der Waals surface area (Å²) in [6.45, 7) is 4.06. The van der Waals surface area contributed by atoms with Crippen LogP contribution >= 0.6 is 0 Å². The van der Waals surface area contributed by atoms with Crippen LogP contribution in [0.4, 0.5) is 0 Å². The molecule has 0 spiro atoms. The highest BCUT2D eigenvalue weighted by molar-refractivity contribution is 5.80. The standard InChI is InChI=1S/C19H25N5O3/c1-2-10-20-18(26)14-7-11-23(12-8-14)17(25)9-13-24-19(27)15-5-3-4-6-16(15)21-22-24/h3-6,14H,2,7-13H2,1H3,(H,20,26). The molecule has 1 aliphatic rings. The van der Waals surface area contributed by atoms with Gasteiger partial charge in [0.25, 0.3) is 5.56 Å². The van der Waals surface area contributed by atoms with E-state index in [2.05, 4.69) is 15.6 Å². The van der Waals surface area contributed by atoms with E-state index < -0.39 is 0 Å². The van der Waals surface area contributed by atoms with Crippen molar-refractivity contribution in [2.75, 3.05) is 19.6 Å². The number of carbonyl (C=O) groups excluding carboxylic acids is 2. The van der Waals surface area contributed by atoms with E-state index in [1.807, 2.05) is 6.92 Å². The molecule has 1 N–H and O–H groups in total. The first-order chi connectivity index (χ1) is 13.1. The molecular weight excluding hydrogens is 346 g/mol. The van der Waals surface area contributed by atoms with Crippen LogP contribution in [-0.4, -0.2) is 51.3 Å². The highest BCUT2D eigenvalue weighted by Crippen LogP contribution is 2.18. The predicted octanol–water partition coefficient (Wildman–Crippen LogP) is 0.946. The first-order valence-corrected chi connectivity index (χ1v) is 9.48. The van der Waals surface area contributed by atoms with Crippen LogP contribution in [0.1, 0.15) is 32.6 Å². The molecule has 0 unspecified atom stereocenters. The molecule has 8 nitrogen and oxygen atoms in total. The van der Waals surface area contributed by atoms with E-state index in [0.717, 1.165) is 6.42 Å². The topological polar surface area (TPSA) is 97.2 Å². The van der Waals surface area contributed by atoms with Crippen LogP contribution in [-0.2, 0) is 16.1 Å². The van der Waals surface area contributed by atoms with Crippen molar-refractivity contribution < 1.29 is 9.59 Å². The van der Waals surface area contributed by atoms with Gasteiger partial charge < -0.3 is 10.2 Å². The van der Waals surface area contributed by atoms with Gasteiger partial charge in [-0.25, -0.2) is 4.68 Å². The highest BCUT2D eigenvalue weighted by atomic mass is 16.2. The number of aromatic nitrogens is 3. The normalized spacial score (nSPS) is 15.1. The Balaban J connectivity index is 1.53. The number of piperidine rings is 1. The third-order valence-electron chi connectivity index (χ3n) is 4.93. The zero-order valence-corrected chi connectivity index (χ0v) is 15.6. The largest absolute Gasteiger partial charge is 0.356 e. The second-order valence-electron chi connectivity index (χ2n) is 6.83. The van der Waals surface area contributed by atoms with Gasteiger partial charge in [0.05, 0.1) is 11.9 Å². The molecule has 8 heteroatoms. The Morgan fingerprint density at radius 2 is 1.96 bits per heavy atom. The van der Waals surface area contributed by atoms with E-state index in [1.165, 1.54) is 4.68 Å². The summed E-state index contributed by atoms with van der Waals surface area (Å²) in [5.41, 5.74) is 0.313. The number of likely N-dealkylation sites (tertiary alicyclic amines) is 1. The first-order valence-electron chi connectivity index (χ1n) is 9.48. The molecule has 0 atom stereocenters. The van der Waals surface area contributed by atoms with Crippen molar-refractivity contribution in [2.24, 2.45) is 5.92 Å². The fourth-order valence-electron chi connectivity index (χ4n) is 3.31. The summed E-state index contributed by atoms with van der Waals surface area (Å²) < 4.78 is 1.24. The fourth-order valence-corrected chi connectivity index (χ4v) is 3.31. The van der Waals surface area contributed by atoms with Crippen molar-refractivity contribution in [2.45, 2.75) is 39.2 Å². The lowest BCUT2D eigenvalue weighted by Crippen LogP contribution is -2.43. The number of carbonyl (C=O) groups is 2. The van der Waals surface area contributed by atoms with E-state index in [1.54, 1.807) is 29.2 Å². The molecule has 1 fully saturated rings. The molecule has 0 bridgehead atoms. The Labute approximate surface area is 157 Å². The van der Waals surface area contributed by atoms with E-state index in [-0.39, 0.29) is 36.3 Å². The van der Waals surface area contributed by atoms with Gasteiger partial charge in [0.2, 0.25) is 11.8 Å². The molecular formula is C19H25N5O3. The molecule has 27 heavy (non-hydrogen) atoms. The van der Waals surface area contributed by atoms with Crippen molar-refractivity contribution in [1.29, 1.82) is 0 Å². The third-order valence-corrected chi connectivity index (χ3v) is 4.93. The summed E-state index contributed by atoms with van der Waals surface area (Å²) >= 11 is 0.